The minimum atomic E-state index is -0.259. The third kappa shape index (κ3) is 4.17. The molecule has 0 spiro atoms. The van der Waals surface area contributed by atoms with Gasteiger partial charge in [0.1, 0.15) is 5.75 Å². The van der Waals surface area contributed by atoms with Crippen LogP contribution in [0.15, 0.2) is 60.9 Å². The van der Waals surface area contributed by atoms with Gasteiger partial charge >= 0.3 is 0 Å². The van der Waals surface area contributed by atoms with Gasteiger partial charge < -0.3 is 19.5 Å². The van der Waals surface area contributed by atoms with E-state index in [2.05, 4.69) is 10.3 Å². The molecular weight excluding hydrogens is 344 g/mol. The van der Waals surface area contributed by atoms with E-state index in [-0.39, 0.29) is 5.91 Å². The second-order valence-corrected chi connectivity index (χ2v) is 5.71. The van der Waals surface area contributed by atoms with Crippen LogP contribution in [0.2, 0.25) is 0 Å². The third-order valence-electron chi connectivity index (χ3n) is 4.07. The van der Waals surface area contributed by atoms with E-state index in [0.29, 0.717) is 22.7 Å². The summed E-state index contributed by atoms with van der Waals surface area (Å²) in [4.78, 5) is 16.8. The summed E-state index contributed by atoms with van der Waals surface area (Å²) in [6.45, 7) is 0. The van der Waals surface area contributed by atoms with Crippen LogP contribution in [0.25, 0.3) is 11.1 Å². The van der Waals surface area contributed by atoms with Gasteiger partial charge in [-0.1, -0.05) is 12.1 Å². The lowest BCUT2D eigenvalue weighted by Crippen LogP contribution is -2.12. The van der Waals surface area contributed by atoms with Crippen molar-refractivity contribution in [3.63, 3.8) is 0 Å². The van der Waals surface area contributed by atoms with Gasteiger partial charge in [0.25, 0.3) is 5.91 Å². The SMILES string of the molecule is COc1ccc(-c2cncc(C(=O)Nc3ccc(OC)c(OC)c3)c2)cc1. The Morgan fingerprint density at radius 2 is 1.56 bits per heavy atom. The first-order valence-corrected chi connectivity index (χ1v) is 8.27. The van der Waals surface area contributed by atoms with E-state index in [4.69, 9.17) is 14.2 Å². The van der Waals surface area contributed by atoms with Crippen molar-refractivity contribution in [1.29, 1.82) is 0 Å². The van der Waals surface area contributed by atoms with Crippen molar-refractivity contribution in [2.75, 3.05) is 26.6 Å². The third-order valence-corrected chi connectivity index (χ3v) is 4.07. The number of hydrogen-bond acceptors (Lipinski definition) is 5. The smallest absolute Gasteiger partial charge is 0.257 e. The monoisotopic (exact) mass is 364 g/mol. The number of nitrogens with zero attached hydrogens (tertiary/aromatic N) is 1. The van der Waals surface area contributed by atoms with E-state index in [0.717, 1.165) is 16.9 Å². The quantitative estimate of drug-likeness (QED) is 0.715. The molecular formula is C21H20N2O4. The van der Waals surface area contributed by atoms with E-state index in [1.54, 1.807) is 51.8 Å². The number of carbonyl (C=O) groups excluding carboxylic acids is 1. The number of rotatable bonds is 6. The molecule has 6 heteroatoms. The van der Waals surface area contributed by atoms with E-state index >= 15 is 0 Å². The fourth-order valence-corrected chi connectivity index (χ4v) is 2.62. The average molecular weight is 364 g/mol. The lowest BCUT2D eigenvalue weighted by Gasteiger charge is -2.11. The minimum absolute atomic E-state index is 0.259. The molecule has 0 aliphatic carbocycles. The zero-order chi connectivity index (χ0) is 19.2. The fraction of sp³-hybridized carbons (Fsp3) is 0.143. The Bertz CT molecular complexity index is 939. The molecule has 6 nitrogen and oxygen atoms in total. The molecule has 0 fully saturated rings. The van der Waals surface area contributed by atoms with Crippen LogP contribution in [-0.4, -0.2) is 32.2 Å². The van der Waals surface area contributed by atoms with Crippen molar-refractivity contribution in [3.8, 4) is 28.4 Å². The summed E-state index contributed by atoms with van der Waals surface area (Å²) in [5.41, 5.74) is 2.85. The topological polar surface area (TPSA) is 69.7 Å². The van der Waals surface area contributed by atoms with Crippen LogP contribution in [0.4, 0.5) is 5.69 Å². The summed E-state index contributed by atoms with van der Waals surface area (Å²) in [7, 11) is 4.73. The molecule has 138 valence electrons. The van der Waals surface area contributed by atoms with Gasteiger partial charge in [0.2, 0.25) is 0 Å². The molecule has 0 aliphatic rings. The summed E-state index contributed by atoms with van der Waals surface area (Å²) in [5.74, 6) is 1.65. The van der Waals surface area contributed by atoms with Crippen molar-refractivity contribution < 1.29 is 19.0 Å². The van der Waals surface area contributed by atoms with Gasteiger partial charge in [0, 0.05) is 29.7 Å². The fourth-order valence-electron chi connectivity index (χ4n) is 2.62. The minimum Gasteiger partial charge on any atom is -0.497 e. The molecule has 1 heterocycles. The largest absolute Gasteiger partial charge is 0.497 e. The van der Waals surface area contributed by atoms with Gasteiger partial charge in [-0.3, -0.25) is 9.78 Å². The number of methoxy groups -OCH3 is 3. The van der Waals surface area contributed by atoms with Crippen molar-refractivity contribution >= 4 is 11.6 Å². The Hall–Kier alpha value is -3.54. The summed E-state index contributed by atoms with van der Waals surface area (Å²) < 4.78 is 15.6. The van der Waals surface area contributed by atoms with Crippen LogP contribution in [0.1, 0.15) is 10.4 Å². The Labute approximate surface area is 157 Å². The van der Waals surface area contributed by atoms with Gasteiger partial charge in [-0.05, 0) is 35.9 Å². The standard InChI is InChI=1S/C21H20N2O4/c1-25-18-7-4-14(5-8-18)15-10-16(13-22-12-15)21(24)23-17-6-9-19(26-2)20(11-17)27-3/h4-13H,1-3H3,(H,23,24). The Morgan fingerprint density at radius 1 is 0.815 bits per heavy atom. The van der Waals surface area contributed by atoms with Crippen molar-refractivity contribution in [1.82, 2.24) is 4.98 Å². The van der Waals surface area contributed by atoms with Crippen LogP contribution in [0.3, 0.4) is 0 Å². The normalized spacial score (nSPS) is 10.2. The number of amides is 1. The number of ether oxygens (including phenoxy) is 3. The number of aromatic nitrogens is 1. The van der Waals surface area contributed by atoms with E-state index in [1.807, 2.05) is 24.3 Å². The number of nitrogens with one attached hydrogen (secondary N) is 1. The summed E-state index contributed by atoms with van der Waals surface area (Å²) in [6.07, 6.45) is 3.25. The number of carbonyl (C=O) groups is 1. The summed E-state index contributed by atoms with van der Waals surface area (Å²) >= 11 is 0. The maximum atomic E-state index is 12.6. The molecule has 0 saturated heterocycles. The van der Waals surface area contributed by atoms with Crippen molar-refractivity contribution in [3.05, 3.63) is 66.5 Å². The average Bonchev–Trinajstić information content (AvgIpc) is 2.73. The van der Waals surface area contributed by atoms with Crippen LogP contribution in [-0.2, 0) is 0 Å². The molecule has 1 aromatic heterocycles. The van der Waals surface area contributed by atoms with Crippen LogP contribution in [0, 0.1) is 0 Å². The Morgan fingerprint density at radius 3 is 2.22 bits per heavy atom. The molecule has 1 N–H and O–H groups in total. The lowest BCUT2D eigenvalue weighted by atomic mass is 10.1. The summed E-state index contributed by atoms with van der Waals surface area (Å²) in [5, 5.41) is 2.85. The number of hydrogen-bond donors (Lipinski definition) is 1. The number of pyridine rings is 1. The maximum absolute atomic E-state index is 12.6. The highest BCUT2D eigenvalue weighted by molar-refractivity contribution is 6.04. The van der Waals surface area contributed by atoms with Gasteiger partial charge in [-0.2, -0.15) is 0 Å². The van der Waals surface area contributed by atoms with Crippen LogP contribution in [0.5, 0.6) is 17.2 Å². The Balaban J connectivity index is 1.81. The molecule has 3 rings (SSSR count). The van der Waals surface area contributed by atoms with Crippen LogP contribution < -0.4 is 19.5 Å². The maximum Gasteiger partial charge on any atom is 0.257 e. The Kier molecular flexibility index (Phi) is 5.56. The number of anilines is 1. The van der Waals surface area contributed by atoms with E-state index in [1.165, 1.54) is 6.20 Å². The molecule has 0 bridgehead atoms. The highest BCUT2D eigenvalue weighted by Crippen LogP contribution is 2.30. The van der Waals surface area contributed by atoms with Crippen LogP contribution >= 0.6 is 0 Å². The van der Waals surface area contributed by atoms with E-state index in [9.17, 15) is 4.79 Å². The molecule has 1 amide bonds. The first kappa shape index (κ1) is 18.3. The van der Waals surface area contributed by atoms with Crippen molar-refractivity contribution in [2.24, 2.45) is 0 Å². The second-order valence-electron chi connectivity index (χ2n) is 5.71. The first-order valence-electron chi connectivity index (χ1n) is 8.27. The zero-order valence-electron chi connectivity index (χ0n) is 15.4. The van der Waals surface area contributed by atoms with Gasteiger partial charge in [0.05, 0.1) is 26.9 Å². The number of benzene rings is 2. The molecule has 3 aromatic rings. The van der Waals surface area contributed by atoms with E-state index < -0.39 is 0 Å². The lowest BCUT2D eigenvalue weighted by molar-refractivity contribution is 0.102. The molecule has 0 unspecified atom stereocenters. The summed E-state index contributed by atoms with van der Waals surface area (Å²) in [6, 6.07) is 14.6. The molecule has 0 radical (unpaired) electrons. The molecule has 2 aromatic carbocycles. The molecule has 27 heavy (non-hydrogen) atoms. The van der Waals surface area contributed by atoms with Gasteiger partial charge in [0.15, 0.2) is 11.5 Å². The molecule has 0 atom stereocenters. The molecule has 0 saturated carbocycles. The second kappa shape index (κ2) is 8.23. The highest BCUT2D eigenvalue weighted by atomic mass is 16.5. The zero-order valence-corrected chi connectivity index (χ0v) is 15.4. The first-order chi connectivity index (χ1) is 13.1. The van der Waals surface area contributed by atoms with Gasteiger partial charge in [-0.15, -0.1) is 0 Å². The predicted molar refractivity (Wildman–Crippen MR) is 104 cm³/mol. The highest BCUT2D eigenvalue weighted by Gasteiger charge is 2.11. The predicted octanol–water partition coefficient (Wildman–Crippen LogP) is 4.03. The molecule has 0 aliphatic heterocycles. The van der Waals surface area contributed by atoms with Gasteiger partial charge in [-0.25, -0.2) is 0 Å². The van der Waals surface area contributed by atoms with Crippen molar-refractivity contribution in [2.45, 2.75) is 0 Å².